The number of nitrogens with zero attached hydrogens (tertiary/aromatic N) is 2. The molecule has 0 saturated heterocycles. The van der Waals surface area contributed by atoms with Crippen LogP contribution in [-0.4, -0.2) is 21.4 Å². The molecule has 5 heteroatoms. The van der Waals surface area contributed by atoms with Crippen LogP contribution in [0.25, 0.3) is 0 Å². The molecule has 0 bridgehead atoms. The number of hydrogen-bond acceptors (Lipinski definition) is 3. The summed E-state index contributed by atoms with van der Waals surface area (Å²) in [6.07, 6.45) is 4.68. The molecule has 1 aromatic rings. The molecule has 1 fully saturated rings. The maximum Gasteiger partial charge on any atom is 0.271 e. The van der Waals surface area contributed by atoms with Crippen LogP contribution >= 0.6 is 11.6 Å². The van der Waals surface area contributed by atoms with Gasteiger partial charge in [0, 0.05) is 11.5 Å². The molecule has 1 saturated carbocycles. The molecule has 0 aromatic carbocycles. The van der Waals surface area contributed by atoms with Crippen molar-refractivity contribution >= 4 is 17.5 Å². The molecule has 1 aliphatic rings. The van der Waals surface area contributed by atoms with Crippen LogP contribution in [-0.2, 0) is 0 Å². The second-order valence-corrected chi connectivity index (χ2v) is 5.85. The molecule has 0 atom stereocenters. The lowest BCUT2D eigenvalue weighted by Crippen LogP contribution is -2.51. The fourth-order valence-corrected chi connectivity index (χ4v) is 2.16. The van der Waals surface area contributed by atoms with Gasteiger partial charge in [0.1, 0.15) is 11.5 Å². The van der Waals surface area contributed by atoms with Gasteiger partial charge in [0.25, 0.3) is 5.91 Å². The van der Waals surface area contributed by atoms with Crippen molar-refractivity contribution in [2.24, 2.45) is 0 Å². The van der Waals surface area contributed by atoms with Crippen LogP contribution < -0.4 is 5.32 Å². The van der Waals surface area contributed by atoms with Gasteiger partial charge in [-0.05, 0) is 26.2 Å². The predicted molar refractivity (Wildman–Crippen MR) is 70.9 cm³/mol. The first-order chi connectivity index (χ1) is 8.41. The van der Waals surface area contributed by atoms with Gasteiger partial charge in [-0.15, -0.1) is 0 Å². The number of halogens is 1. The zero-order valence-electron chi connectivity index (χ0n) is 11.0. The highest BCUT2D eigenvalue weighted by Gasteiger charge is 2.34. The van der Waals surface area contributed by atoms with Crippen LogP contribution in [0.4, 0.5) is 0 Å². The molecule has 1 N–H and O–H groups in total. The summed E-state index contributed by atoms with van der Waals surface area (Å²) in [6, 6.07) is 0. The van der Waals surface area contributed by atoms with E-state index in [4.69, 9.17) is 11.6 Å². The lowest BCUT2D eigenvalue weighted by Gasteiger charge is -2.39. The monoisotopic (exact) mass is 267 g/mol. The van der Waals surface area contributed by atoms with Gasteiger partial charge >= 0.3 is 0 Å². The molecular weight excluding hydrogens is 250 g/mol. The van der Waals surface area contributed by atoms with E-state index in [9.17, 15) is 4.79 Å². The summed E-state index contributed by atoms with van der Waals surface area (Å²) < 4.78 is 0. The molecular formula is C13H18ClN3O. The first-order valence-electron chi connectivity index (χ1n) is 6.26. The molecule has 0 unspecified atom stereocenters. The average Bonchev–Trinajstić information content (AvgIpc) is 2.27. The summed E-state index contributed by atoms with van der Waals surface area (Å²) in [5, 5.41) is 3.31. The van der Waals surface area contributed by atoms with Crippen molar-refractivity contribution in [2.75, 3.05) is 0 Å². The third-order valence-corrected chi connectivity index (χ3v) is 3.64. The van der Waals surface area contributed by atoms with Crippen LogP contribution in [0, 0.1) is 0 Å². The van der Waals surface area contributed by atoms with Gasteiger partial charge in [0.2, 0.25) is 0 Å². The fourth-order valence-electron chi connectivity index (χ4n) is 1.98. The Morgan fingerprint density at radius 2 is 2.17 bits per heavy atom. The summed E-state index contributed by atoms with van der Waals surface area (Å²) in [5.41, 5.74) is 0.187. The minimum absolute atomic E-state index is 0.0939. The molecule has 0 spiro atoms. The number of carbonyl (C=O) groups is 1. The third-order valence-electron chi connectivity index (χ3n) is 3.37. The summed E-state index contributed by atoms with van der Waals surface area (Å²) in [7, 11) is 0. The van der Waals surface area contributed by atoms with Gasteiger partial charge in [-0.1, -0.05) is 25.4 Å². The molecule has 1 heterocycles. The second kappa shape index (κ2) is 4.84. The van der Waals surface area contributed by atoms with E-state index < -0.39 is 0 Å². The Balaban J connectivity index is 2.21. The maximum atomic E-state index is 12.2. The topological polar surface area (TPSA) is 54.9 Å². The Morgan fingerprint density at radius 3 is 2.67 bits per heavy atom. The SMILES string of the molecule is CC(C)c1ncc(Cl)c(C(=O)NC2(C)CCC2)n1. The van der Waals surface area contributed by atoms with E-state index in [1.54, 1.807) is 0 Å². The molecule has 1 amide bonds. The molecule has 98 valence electrons. The van der Waals surface area contributed by atoms with E-state index >= 15 is 0 Å². The van der Waals surface area contributed by atoms with Crippen LogP contribution in [0.15, 0.2) is 6.20 Å². The van der Waals surface area contributed by atoms with Gasteiger partial charge in [-0.3, -0.25) is 4.79 Å². The quantitative estimate of drug-likeness (QED) is 0.916. The Labute approximate surface area is 112 Å². The van der Waals surface area contributed by atoms with E-state index in [-0.39, 0.29) is 23.1 Å². The maximum absolute atomic E-state index is 12.2. The Hall–Kier alpha value is -1.16. The minimum atomic E-state index is -0.202. The van der Waals surface area contributed by atoms with Crippen LogP contribution in [0.3, 0.4) is 0 Å². The van der Waals surface area contributed by atoms with E-state index in [1.165, 1.54) is 6.20 Å². The second-order valence-electron chi connectivity index (χ2n) is 5.45. The molecule has 0 radical (unpaired) electrons. The molecule has 1 aromatic heterocycles. The summed E-state index contributed by atoms with van der Waals surface area (Å²) in [4.78, 5) is 20.6. The molecule has 1 aliphatic carbocycles. The van der Waals surface area contributed by atoms with Crippen molar-refractivity contribution in [1.29, 1.82) is 0 Å². The van der Waals surface area contributed by atoms with Crippen molar-refractivity contribution in [1.82, 2.24) is 15.3 Å². The number of rotatable bonds is 3. The van der Waals surface area contributed by atoms with Gasteiger partial charge in [0.05, 0.1) is 11.2 Å². The first-order valence-corrected chi connectivity index (χ1v) is 6.64. The molecule has 4 nitrogen and oxygen atoms in total. The number of hydrogen-bond donors (Lipinski definition) is 1. The highest BCUT2D eigenvalue weighted by Crippen LogP contribution is 2.31. The Bertz CT molecular complexity index is 469. The summed E-state index contributed by atoms with van der Waals surface area (Å²) in [5.74, 6) is 0.614. The highest BCUT2D eigenvalue weighted by molar-refractivity contribution is 6.33. The number of nitrogens with one attached hydrogen (secondary N) is 1. The lowest BCUT2D eigenvalue weighted by molar-refractivity contribution is 0.0845. The third kappa shape index (κ3) is 2.64. The van der Waals surface area contributed by atoms with Crippen molar-refractivity contribution in [3.63, 3.8) is 0 Å². The largest absolute Gasteiger partial charge is 0.345 e. The summed E-state index contributed by atoms with van der Waals surface area (Å²) >= 11 is 6.00. The Kier molecular flexibility index (Phi) is 3.57. The van der Waals surface area contributed by atoms with E-state index in [0.29, 0.717) is 10.8 Å². The smallest absolute Gasteiger partial charge is 0.271 e. The van der Waals surface area contributed by atoms with E-state index in [2.05, 4.69) is 15.3 Å². The molecule has 0 aliphatic heterocycles. The first kappa shape index (κ1) is 13.3. The standard InChI is InChI=1S/C13H18ClN3O/c1-8(2)11-15-7-9(14)10(16-11)12(18)17-13(3)5-4-6-13/h7-8H,4-6H2,1-3H3,(H,17,18). The Morgan fingerprint density at radius 1 is 1.50 bits per heavy atom. The fraction of sp³-hybridized carbons (Fsp3) is 0.615. The molecule has 18 heavy (non-hydrogen) atoms. The number of amides is 1. The van der Waals surface area contributed by atoms with Gasteiger partial charge in [0.15, 0.2) is 0 Å². The highest BCUT2D eigenvalue weighted by atomic mass is 35.5. The van der Waals surface area contributed by atoms with Gasteiger partial charge < -0.3 is 5.32 Å². The van der Waals surface area contributed by atoms with Gasteiger partial charge in [-0.2, -0.15) is 0 Å². The predicted octanol–water partition coefficient (Wildman–Crippen LogP) is 2.93. The van der Waals surface area contributed by atoms with Gasteiger partial charge in [-0.25, -0.2) is 9.97 Å². The van der Waals surface area contributed by atoms with Crippen molar-refractivity contribution in [2.45, 2.75) is 51.5 Å². The van der Waals surface area contributed by atoms with Crippen LogP contribution in [0.5, 0.6) is 0 Å². The zero-order chi connectivity index (χ0) is 13.3. The van der Waals surface area contributed by atoms with Crippen molar-refractivity contribution in [3.05, 3.63) is 22.7 Å². The average molecular weight is 268 g/mol. The van der Waals surface area contributed by atoms with Crippen LogP contribution in [0.2, 0.25) is 5.02 Å². The van der Waals surface area contributed by atoms with E-state index in [0.717, 1.165) is 19.3 Å². The summed E-state index contributed by atoms with van der Waals surface area (Å²) in [6.45, 7) is 6.02. The minimum Gasteiger partial charge on any atom is -0.345 e. The number of aromatic nitrogens is 2. The molecule has 2 rings (SSSR count). The number of carbonyl (C=O) groups excluding carboxylic acids is 1. The zero-order valence-corrected chi connectivity index (χ0v) is 11.7. The lowest BCUT2D eigenvalue weighted by atomic mass is 9.78. The van der Waals surface area contributed by atoms with Crippen molar-refractivity contribution in [3.8, 4) is 0 Å². The normalized spacial score (nSPS) is 17.4. The van der Waals surface area contributed by atoms with Crippen LogP contribution in [0.1, 0.15) is 62.3 Å². The van der Waals surface area contributed by atoms with E-state index in [1.807, 2.05) is 20.8 Å². The van der Waals surface area contributed by atoms with Crippen molar-refractivity contribution < 1.29 is 4.79 Å².